The lowest BCUT2D eigenvalue weighted by Gasteiger charge is -2.12. The lowest BCUT2D eigenvalue weighted by molar-refractivity contribution is -0.113. The van der Waals surface area contributed by atoms with Gasteiger partial charge in [-0.3, -0.25) is 14.2 Å². The van der Waals surface area contributed by atoms with Gasteiger partial charge in [0.2, 0.25) is 5.91 Å². The molecule has 150 valence electrons. The molecule has 1 fully saturated rings. The number of amides is 2. The maximum atomic E-state index is 12.3. The normalized spacial score (nSPS) is 16.1. The van der Waals surface area contributed by atoms with Gasteiger partial charge in [0, 0.05) is 32.0 Å². The topological polar surface area (TPSA) is 109 Å². The smallest absolute Gasteiger partial charge is 0.344 e. The first-order valence-corrected chi connectivity index (χ1v) is 9.94. The van der Waals surface area contributed by atoms with E-state index in [1.54, 1.807) is 38.4 Å². The number of thioether (sulfide) groups is 1. The molecule has 2 amide bonds. The van der Waals surface area contributed by atoms with E-state index in [9.17, 15) is 14.4 Å². The Kier molecular flexibility index (Phi) is 6.53. The van der Waals surface area contributed by atoms with E-state index in [0.29, 0.717) is 29.6 Å². The second-order valence-corrected chi connectivity index (χ2v) is 7.62. The third-order valence-electron chi connectivity index (χ3n) is 4.27. The highest BCUT2D eigenvalue weighted by molar-refractivity contribution is 7.99. The molecule has 2 aromatic rings. The molecule has 0 bridgehead atoms. The number of nitrogens with one attached hydrogen (secondary N) is 2. The number of nitrogens with zero attached hydrogens (tertiary/aromatic N) is 3. The van der Waals surface area contributed by atoms with Gasteiger partial charge >= 0.3 is 5.69 Å². The molecule has 0 aliphatic carbocycles. The maximum Gasteiger partial charge on any atom is 0.344 e. The van der Waals surface area contributed by atoms with Gasteiger partial charge in [-0.15, -0.1) is 5.10 Å². The van der Waals surface area contributed by atoms with E-state index in [1.165, 1.54) is 21.2 Å². The van der Waals surface area contributed by atoms with E-state index in [-0.39, 0.29) is 29.4 Å². The number of hydrogen-bond acceptors (Lipinski definition) is 6. The van der Waals surface area contributed by atoms with Crippen molar-refractivity contribution in [2.75, 3.05) is 31.8 Å². The van der Waals surface area contributed by atoms with Crippen LogP contribution in [-0.2, 0) is 16.1 Å². The van der Waals surface area contributed by atoms with E-state index < -0.39 is 0 Å². The summed E-state index contributed by atoms with van der Waals surface area (Å²) >= 11 is 1.17. The Morgan fingerprint density at radius 3 is 2.96 bits per heavy atom. The van der Waals surface area contributed by atoms with Crippen molar-refractivity contribution in [3.05, 3.63) is 40.3 Å². The lowest BCUT2D eigenvalue weighted by Crippen LogP contribution is -2.25. The van der Waals surface area contributed by atoms with Gasteiger partial charge in [0.25, 0.3) is 5.91 Å². The van der Waals surface area contributed by atoms with E-state index in [1.807, 2.05) is 0 Å². The molecule has 3 rings (SSSR count). The number of rotatable bonds is 7. The Bertz CT molecular complexity index is 901. The van der Waals surface area contributed by atoms with Crippen molar-refractivity contribution in [1.29, 1.82) is 0 Å². The van der Waals surface area contributed by atoms with Gasteiger partial charge in [-0.2, -0.15) is 0 Å². The number of anilines is 1. The van der Waals surface area contributed by atoms with Gasteiger partial charge in [-0.1, -0.05) is 17.8 Å². The van der Waals surface area contributed by atoms with Crippen molar-refractivity contribution in [3.8, 4) is 0 Å². The number of benzene rings is 1. The summed E-state index contributed by atoms with van der Waals surface area (Å²) in [5, 5.41) is 9.63. The number of hydrogen-bond donors (Lipinski definition) is 2. The summed E-state index contributed by atoms with van der Waals surface area (Å²) in [6.07, 6.45) is 1.89. The Labute approximate surface area is 166 Å². The lowest BCUT2D eigenvalue weighted by atomic mass is 10.2. The molecule has 1 aromatic heterocycles. The molecule has 0 saturated carbocycles. The molecule has 1 atom stereocenters. The third kappa shape index (κ3) is 5.02. The number of aromatic nitrogens is 3. The number of H-pyrrole nitrogens is 1. The third-order valence-corrected chi connectivity index (χ3v) is 5.24. The van der Waals surface area contributed by atoms with Crippen LogP contribution in [0.15, 0.2) is 34.2 Å². The van der Waals surface area contributed by atoms with Gasteiger partial charge in [0.1, 0.15) is 0 Å². The molecule has 2 N–H and O–H groups in total. The predicted molar refractivity (Wildman–Crippen MR) is 106 cm³/mol. The van der Waals surface area contributed by atoms with Crippen molar-refractivity contribution in [2.45, 2.75) is 30.6 Å². The monoisotopic (exact) mass is 405 g/mol. The van der Waals surface area contributed by atoms with Crippen molar-refractivity contribution < 1.29 is 14.3 Å². The molecule has 1 aromatic carbocycles. The minimum Gasteiger partial charge on any atom is -0.376 e. The number of ether oxygens (including phenoxy) is 1. The molecule has 2 heterocycles. The standard InChI is InChI=1S/C18H23N5O4S/c1-22(2)16(25)12-5-3-6-13(9-12)19-15(24)11-28-18-21-20-17(26)23(18)10-14-7-4-8-27-14/h3,5-6,9,14H,4,7-8,10-11H2,1-2H3,(H,19,24)(H,20,26). The molecule has 28 heavy (non-hydrogen) atoms. The molecule has 0 spiro atoms. The highest BCUT2D eigenvalue weighted by Crippen LogP contribution is 2.19. The summed E-state index contributed by atoms with van der Waals surface area (Å²) in [6, 6.07) is 6.76. The van der Waals surface area contributed by atoms with Gasteiger partial charge in [0.05, 0.1) is 18.4 Å². The maximum absolute atomic E-state index is 12.3. The van der Waals surface area contributed by atoms with Gasteiger partial charge in [-0.25, -0.2) is 9.89 Å². The largest absolute Gasteiger partial charge is 0.376 e. The fraction of sp³-hybridized carbons (Fsp3) is 0.444. The van der Waals surface area contributed by atoms with Crippen molar-refractivity contribution in [3.63, 3.8) is 0 Å². The molecule has 1 aliphatic rings. The summed E-state index contributed by atoms with van der Waals surface area (Å²) in [6.45, 7) is 1.13. The zero-order valence-corrected chi connectivity index (χ0v) is 16.6. The molecule has 0 radical (unpaired) electrons. The van der Waals surface area contributed by atoms with Crippen molar-refractivity contribution in [1.82, 2.24) is 19.7 Å². The minimum atomic E-state index is -0.312. The average Bonchev–Trinajstić information content (AvgIpc) is 3.30. The molecular formula is C18H23N5O4S. The quantitative estimate of drug-likeness (QED) is 0.670. The fourth-order valence-corrected chi connectivity index (χ4v) is 3.64. The summed E-state index contributed by atoms with van der Waals surface area (Å²) in [7, 11) is 3.34. The molecule has 1 aliphatic heterocycles. The number of carbonyl (C=O) groups is 2. The second kappa shape index (κ2) is 9.07. The van der Waals surface area contributed by atoms with E-state index >= 15 is 0 Å². The minimum absolute atomic E-state index is 0.000417. The first-order chi connectivity index (χ1) is 13.4. The first-order valence-electron chi connectivity index (χ1n) is 8.95. The van der Waals surface area contributed by atoms with E-state index in [2.05, 4.69) is 15.5 Å². The van der Waals surface area contributed by atoms with Crippen LogP contribution in [-0.4, -0.2) is 64.0 Å². The first kappa shape index (κ1) is 20.2. The van der Waals surface area contributed by atoms with Crippen LogP contribution in [0.3, 0.4) is 0 Å². The Balaban J connectivity index is 1.58. The van der Waals surface area contributed by atoms with Crippen LogP contribution in [0.25, 0.3) is 0 Å². The van der Waals surface area contributed by atoms with Crippen molar-refractivity contribution in [2.24, 2.45) is 0 Å². The summed E-state index contributed by atoms with van der Waals surface area (Å²) in [5.74, 6) is -0.305. The molecule has 1 saturated heterocycles. The van der Waals surface area contributed by atoms with Crippen LogP contribution in [0.2, 0.25) is 0 Å². The van der Waals surface area contributed by atoms with E-state index in [0.717, 1.165) is 12.8 Å². The summed E-state index contributed by atoms with van der Waals surface area (Å²) in [5.41, 5.74) is 0.721. The fourth-order valence-electron chi connectivity index (χ4n) is 2.88. The zero-order chi connectivity index (χ0) is 20.1. The molecule has 1 unspecified atom stereocenters. The molecule has 9 nitrogen and oxygen atoms in total. The van der Waals surface area contributed by atoms with E-state index in [4.69, 9.17) is 4.74 Å². The van der Waals surface area contributed by atoms with Crippen LogP contribution < -0.4 is 11.0 Å². The highest BCUT2D eigenvalue weighted by atomic mass is 32.2. The van der Waals surface area contributed by atoms with Gasteiger partial charge in [0.15, 0.2) is 5.16 Å². The summed E-state index contributed by atoms with van der Waals surface area (Å²) in [4.78, 5) is 37.7. The molecule has 10 heteroatoms. The van der Waals surface area contributed by atoms with Crippen LogP contribution in [0, 0.1) is 0 Å². The second-order valence-electron chi connectivity index (χ2n) is 6.67. The number of carbonyl (C=O) groups excluding carboxylic acids is 2. The van der Waals surface area contributed by atoms with Crippen LogP contribution >= 0.6 is 11.8 Å². The SMILES string of the molecule is CN(C)C(=O)c1cccc(NC(=O)CSc2n[nH]c(=O)n2CC2CCCO2)c1. The summed E-state index contributed by atoms with van der Waals surface area (Å²) < 4.78 is 7.07. The van der Waals surface area contributed by atoms with Crippen LogP contribution in [0.5, 0.6) is 0 Å². The molecular weight excluding hydrogens is 382 g/mol. The highest BCUT2D eigenvalue weighted by Gasteiger charge is 2.20. The Morgan fingerprint density at radius 1 is 1.43 bits per heavy atom. The Morgan fingerprint density at radius 2 is 2.25 bits per heavy atom. The average molecular weight is 405 g/mol. The van der Waals surface area contributed by atoms with Gasteiger partial charge in [-0.05, 0) is 31.0 Å². The zero-order valence-electron chi connectivity index (χ0n) is 15.8. The van der Waals surface area contributed by atoms with Crippen LogP contribution in [0.1, 0.15) is 23.2 Å². The number of aromatic amines is 1. The van der Waals surface area contributed by atoms with Crippen LogP contribution in [0.4, 0.5) is 5.69 Å². The van der Waals surface area contributed by atoms with Gasteiger partial charge < -0.3 is 15.0 Å². The Hall–Kier alpha value is -2.59. The predicted octanol–water partition coefficient (Wildman–Crippen LogP) is 1.18. The van der Waals surface area contributed by atoms with Crippen molar-refractivity contribution >= 4 is 29.3 Å².